The van der Waals surface area contributed by atoms with Gasteiger partial charge in [-0.2, -0.15) is 0 Å². The molecule has 1 aliphatic heterocycles. The zero-order valence-corrected chi connectivity index (χ0v) is 10.3. The summed E-state index contributed by atoms with van der Waals surface area (Å²) in [5.74, 6) is 0.268. The Bertz CT molecular complexity index is 466. The van der Waals surface area contributed by atoms with Crippen LogP contribution in [-0.4, -0.2) is 24.2 Å². The van der Waals surface area contributed by atoms with Gasteiger partial charge in [0.2, 0.25) is 0 Å². The fourth-order valence-electron chi connectivity index (χ4n) is 1.85. The van der Waals surface area contributed by atoms with Gasteiger partial charge in [0, 0.05) is 17.3 Å². The van der Waals surface area contributed by atoms with E-state index in [1.54, 1.807) is 22.7 Å². The summed E-state index contributed by atoms with van der Waals surface area (Å²) in [6.45, 7) is 1.35. The van der Waals surface area contributed by atoms with Crippen LogP contribution in [0.25, 0.3) is 9.88 Å². The average molecular weight is 252 g/mol. The van der Waals surface area contributed by atoms with Gasteiger partial charge in [-0.05, 0) is 11.4 Å². The van der Waals surface area contributed by atoms with E-state index in [4.69, 9.17) is 10.5 Å². The Morgan fingerprint density at radius 2 is 2.31 bits per heavy atom. The van der Waals surface area contributed by atoms with E-state index in [0.29, 0.717) is 13.2 Å². The smallest absolute Gasteiger partial charge is 0.133 e. The molecule has 0 aromatic carbocycles. The van der Waals surface area contributed by atoms with E-state index in [-0.39, 0.29) is 12.0 Å². The summed E-state index contributed by atoms with van der Waals surface area (Å²) >= 11 is 3.40. The second kappa shape index (κ2) is 4.25. The van der Waals surface area contributed by atoms with Gasteiger partial charge in [-0.1, -0.05) is 6.07 Å². The van der Waals surface area contributed by atoms with Gasteiger partial charge in [0.05, 0.1) is 23.8 Å². The molecule has 3 rings (SSSR count). The van der Waals surface area contributed by atoms with Crippen molar-refractivity contribution in [3.63, 3.8) is 0 Å². The summed E-state index contributed by atoms with van der Waals surface area (Å²) in [6.07, 6.45) is 0. The van der Waals surface area contributed by atoms with E-state index < -0.39 is 0 Å². The lowest BCUT2D eigenvalue weighted by atomic mass is 10.0. The topological polar surface area (TPSA) is 48.1 Å². The molecule has 0 saturated carbocycles. The Morgan fingerprint density at radius 3 is 3.00 bits per heavy atom. The minimum atomic E-state index is 0.0956. The number of ether oxygens (including phenoxy) is 1. The van der Waals surface area contributed by atoms with Crippen LogP contribution in [0.5, 0.6) is 0 Å². The summed E-state index contributed by atoms with van der Waals surface area (Å²) in [6, 6.07) is 4.24. The largest absolute Gasteiger partial charge is 0.379 e. The molecule has 2 atom stereocenters. The molecular weight excluding hydrogens is 240 g/mol. The molecular formula is C11H12N2OS2. The number of aromatic nitrogens is 1. The van der Waals surface area contributed by atoms with Gasteiger partial charge >= 0.3 is 0 Å². The lowest BCUT2D eigenvalue weighted by Gasteiger charge is -2.08. The predicted molar refractivity (Wildman–Crippen MR) is 67.0 cm³/mol. The highest BCUT2D eigenvalue weighted by atomic mass is 32.1. The van der Waals surface area contributed by atoms with Gasteiger partial charge in [0.25, 0.3) is 0 Å². The van der Waals surface area contributed by atoms with Crippen molar-refractivity contribution in [1.82, 2.24) is 4.98 Å². The number of thiophene rings is 1. The Kier molecular flexibility index (Phi) is 2.77. The van der Waals surface area contributed by atoms with E-state index in [0.717, 1.165) is 10.7 Å². The van der Waals surface area contributed by atoms with Gasteiger partial charge in [0.15, 0.2) is 0 Å². The van der Waals surface area contributed by atoms with E-state index in [9.17, 15) is 0 Å². The first-order chi connectivity index (χ1) is 7.84. The molecule has 1 saturated heterocycles. The Hall–Kier alpha value is -0.750. The van der Waals surface area contributed by atoms with Gasteiger partial charge in [-0.15, -0.1) is 22.7 Å². The van der Waals surface area contributed by atoms with Crippen LogP contribution < -0.4 is 5.73 Å². The van der Waals surface area contributed by atoms with Crippen molar-refractivity contribution in [1.29, 1.82) is 0 Å². The standard InChI is InChI=1S/C11H12N2OS2/c12-8-5-14-4-7(8)9-6-16-11(13-9)10-2-1-3-15-10/h1-3,6-8H,4-5,12H2. The summed E-state index contributed by atoms with van der Waals surface area (Å²) < 4.78 is 5.37. The Morgan fingerprint density at radius 1 is 1.38 bits per heavy atom. The molecule has 1 fully saturated rings. The van der Waals surface area contributed by atoms with Crippen LogP contribution in [0.1, 0.15) is 11.6 Å². The van der Waals surface area contributed by atoms with Crippen molar-refractivity contribution in [2.45, 2.75) is 12.0 Å². The number of thiazole rings is 1. The fraction of sp³-hybridized carbons (Fsp3) is 0.364. The highest BCUT2D eigenvalue weighted by molar-refractivity contribution is 7.20. The first-order valence-electron chi connectivity index (χ1n) is 5.17. The zero-order chi connectivity index (χ0) is 11.0. The molecule has 0 aliphatic carbocycles. The summed E-state index contributed by atoms with van der Waals surface area (Å²) in [7, 11) is 0. The monoisotopic (exact) mass is 252 g/mol. The molecule has 84 valence electrons. The molecule has 2 N–H and O–H groups in total. The maximum Gasteiger partial charge on any atom is 0.133 e. The number of hydrogen-bond donors (Lipinski definition) is 1. The van der Waals surface area contributed by atoms with Gasteiger partial charge < -0.3 is 10.5 Å². The van der Waals surface area contributed by atoms with Gasteiger partial charge in [0.1, 0.15) is 5.01 Å². The molecule has 0 radical (unpaired) electrons. The quantitative estimate of drug-likeness (QED) is 0.892. The average Bonchev–Trinajstić information content (AvgIpc) is 2.96. The second-order valence-corrected chi connectivity index (χ2v) is 5.67. The lowest BCUT2D eigenvalue weighted by molar-refractivity contribution is 0.190. The van der Waals surface area contributed by atoms with E-state index in [1.807, 2.05) is 6.07 Å². The van der Waals surface area contributed by atoms with Gasteiger partial charge in [-0.3, -0.25) is 0 Å². The summed E-state index contributed by atoms with van der Waals surface area (Å²) in [5, 5.41) is 5.26. The summed E-state index contributed by atoms with van der Waals surface area (Å²) in [5.41, 5.74) is 7.06. The number of nitrogens with two attached hydrogens (primary N) is 1. The third-order valence-electron chi connectivity index (χ3n) is 2.76. The second-order valence-electron chi connectivity index (χ2n) is 3.86. The Labute approximate surface area is 102 Å². The predicted octanol–water partition coefficient (Wildman–Crippen LogP) is 2.31. The lowest BCUT2D eigenvalue weighted by Crippen LogP contribution is -2.26. The molecule has 0 amide bonds. The highest BCUT2D eigenvalue weighted by Crippen LogP contribution is 2.32. The maximum absolute atomic E-state index is 5.98. The van der Waals surface area contributed by atoms with Crippen LogP contribution in [-0.2, 0) is 4.74 Å². The first-order valence-corrected chi connectivity index (χ1v) is 6.93. The maximum atomic E-state index is 5.98. The van der Waals surface area contributed by atoms with Crippen LogP contribution in [0.2, 0.25) is 0 Å². The fourth-order valence-corrected chi connectivity index (χ4v) is 3.54. The molecule has 2 aromatic rings. The van der Waals surface area contributed by atoms with E-state index in [2.05, 4.69) is 21.8 Å². The van der Waals surface area contributed by atoms with Crippen molar-refractivity contribution in [2.75, 3.05) is 13.2 Å². The van der Waals surface area contributed by atoms with Crippen LogP contribution in [0.15, 0.2) is 22.9 Å². The van der Waals surface area contributed by atoms with Crippen molar-refractivity contribution < 1.29 is 4.74 Å². The van der Waals surface area contributed by atoms with Crippen LogP contribution in [0.4, 0.5) is 0 Å². The SMILES string of the molecule is NC1COCC1c1csc(-c2cccs2)n1. The number of hydrogen-bond acceptors (Lipinski definition) is 5. The minimum absolute atomic E-state index is 0.0956. The molecule has 1 aliphatic rings. The van der Waals surface area contributed by atoms with E-state index >= 15 is 0 Å². The number of rotatable bonds is 2. The van der Waals surface area contributed by atoms with E-state index in [1.165, 1.54) is 4.88 Å². The minimum Gasteiger partial charge on any atom is -0.379 e. The van der Waals surface area contributed by atoms with Gasteiger partial charge in [-0.25, -0.2) is 4.98 Å². The molecule has 16 heavy (non-hydrogen) atoms. The molecule has 0 spiro atoms. The zero-order valence-electron chi connectivity index (χ0n) is 8.63. The molecule has 0 bridgehead atoms. The molecule has 3 nitrogen and oxygen atoms in total. The van der Waals surface area contributed by atoms with Crippen LogP contribution >= 0.6 is 22.7 Å². The third-order valence-corrected chi connectivity index (χ3v) is 4.66. The highest BCUT2D eigenvalue weighted by Gasteiger charge is 2.28. The van der Waals surface area contributed by atoms with Crippen molar-refractivity contribution in [3.8, 4) is 9.88 Å². The first kappa shape index (κ1) is 10.4. The van der Waals surface area contributed by atoms with Crippen LogP contribution in [0.3, 0.4) is 0 Å². The van der Waals surface area contributed by atoms with Crippen molar-refractivity contribution in [2.24, 2.45) is 5.73 Å². The molecule has 5 heteroatoms. The normalized spacial score (nSPS) is 25.1. The summed E-state index contributed by atoms with van der Waals surface area (Å²) in [4.78, 5) is 5.88. The third kappa shape index (κ3) is 1.80. The van der Waals surface area contributed by atoms with Crippen LogP contribution in [0, 0.1) is 0 Å². The van der Waals surface area contributed by atoms with Crippen molar-refractivity contribution in [3.05, 3.63) is 28.6 Å². The molecule has 2 aromatic heterocycles. The van der Waals surface area contributed by atoms with Crippen molar-refractivity contribution >= 4 is 22.7 Å². The molecule has 3 heterocycles. The Balaban J connectivity index is 1.88. The molecule has 2 unspecified atom stereocenters. The number of nitrogens with zero attached hydrogens (tertiary/aromatic N) is 1.